The van der Waals surface area contributed by atoms with Crippen molar-refractivity contribution in [1.29, 1.82) is 0 Å². The van der Waals surface area contributed by atoms with Crippen LogP contribution in [0.2, 0.25) is 5.02 Å². The predicted molar refractivity (Wildman–Crippen MR) is 112 cm³/mol. The molecule has 1 saturated heterocycles. The summed E-state index contributed by atoms with van der Waals surface area (Å²) in [5.41, 5.74) is 0.148. The Labute approximate surface area is 187 Å². The summed E-state index contributed by atoms with van der Waals surface area (Å²) < 4.78 is 78.8. The average Bonchev–Trinajstić information content (AvgIpc) is 2.93. The van der Waals surface area contributed by atoms with Crippen LogP contribution < -0.4 is 4.72 Å². The lowest BCUT2D eigenvalue weighted by molar-refractivity contribution is -0.145. The Kier molecular flexibility index (Phi) is 7.31. The van der Waals surface area contributed by atoms with Crippen molar-refractivity contribution >= 4 is 33.2 Å². The lowest BCUT2D eigenvalue weighted by Gasteiger charge is -2.23. The number of sulfonamides is 1. The fourth-order valence-corrected chi connectivity index (χ4v) is 4.92. The van der Waals surface area contributed by atoms with Crippen molar-refractivity contribution in [2.45, 2.75) is 17.5 Å². The monoisotopic (exact) mass is 493 g/mol. The zero-order chi connectivity index (χ0) is 23.5. The van der Waals surface area contributed by atoms with Crippen molar-refractivity contribution in [3.63, 3.8) is 0 Å². The number of carbonyl (C=O) groups is 1. The predicted octanol–water partition coefficient (Wildman–Crippen LogP) is 3.99. The van der Waals surface area contributed by atoms with Crippen molar-refractivity contribution in [3.05, 3.63) is 58.9 Å². The Bertz CT molecular complexity index is 1080. The number of hydrogen-bond donors (Lipinski definition) is 1. The maximum absolute atomic E-state index is 13.1. The third-order valence-electron chi connectivity index (χ3n) is 4.84. The quantitative estimate of drug-likeness (QED) is 0.639. The van der Waals surface area contributed by atoms with Gasteiger partial charge in [-0.1, -0.05) is 11.6 Å². The van der Waals surface area contributed by atoms with Crippen LogP contribution in [-0.2, 0) is 10.0 Å². The Morgan fingerprint density at radius 3 is 2.38 bits per heavy atom. The van der Waals surface area contributed by atoms with Crippen molar-refractivity contribution in [3.8, 4) is 0 Å². The van der Waals surface area contributed by atoms with Crippen molar-refractivity contribution in [2.75, 3.05) is 37.4 Å². The van der Waals surface area contributed by atoms with E-state index in [0.717, 1.165) is 18.2 Å². The van der Waals surface area contributed by atoms with Gasteiger partial charge < -0.3 is 4.90 Å². The highest BCUT2D eigenvalue weighted by atomic mass is 35.5. The average molecular weight is 494 g/mol. The Morgan fingerprint density at radius 2 is 1.72 bits per heavy atom. The molecule has 174 valence electrons. The van der Waals surface area contributed by atoms with Gasteiger partial charge in [0.25, 0.3) is 15.9 Å². The molecule has 0 bridgehead atoms. The molecule has 6 nitrogen and oxygen atoms in total. The Hall–Kier alpha value is -2.37. The SMILES string of the molecule is O=C(c1ccc(Cl)c(S(=O)(=O)Nc2ccc(F)cc2)c1)N1CCCN(CC(F)(F)F)CC1. The molecule has 1 fully saturated rings. The van der Waals surface area contributed by atoms with Crippen molar-refractivity contribution < 1.29 is 30.8 Å². The van der Waals surface area contributed by atoms with E-state index in [2.05, 4.69) is 4.72 Å². The second-order valence-corrected chi connectivity index (χ2v) is 9.35. The molecule has 1 aliphatic rings. The number of nitrogens with one attached hydrogen (secondary N) is 1. The molecular formula is C20H20ClF4N3O3S. The van der Waals surface area contributed by atoms with E-state index in [9.17, 15) is 30.8 Å². The first kappa shape index (κ1) is 24.3. The zero-order valence-electron chi connectivity index (χ0n) is 16.7. The highest BCUT2D eigenvalue weighted by molar-refractivity contribution is 7.92. The number of amides is 1. The van der Waals surface area contributed by atoms with E-state index in [4.69, 9.17) is 11.6 Å². The lowest BCUT2D eigenvalue weighted by Crippen LogP contribution is -2.38. The first-order valence-electron chi connectivity index (χ1n) is 9.61. The van der Waals surface area contributed by atoms with Crippen molar-refractivity contribution in [2.24, 2.45) is 0 Å². The van der Waals surface area contributed by atoms with Crippen LogP contribution in [-0.4, -0.2) is 63.0 Å². The number of halogens is 5. The second kappa shape index (κ2) is 9.63. The van der Waals surface area contributed by atoms with Crippen LogP contribution >= 0.6 is 11.6 Å². The van der Waals surface area contributed by atoms with E-state index in [0.29, 0.717) is 6.42 Å². The molecule has 0 radical (unpaired) electrons. The highest BCUT2D eigenvalue weighted by Gasteiger charge is 2.32. The number of hydrogen-bond acceptors (Lipinski definition) is 4. The van der Waals surface area contributed by atoms with Crippen LogP contribution in [0.25, 0.3) is 0 Å². The molecule has 0 atom stereocenters. The minimum absolute atomic E-state index is 0.0400. The summed E-state index contributed by atoms with van der Waals surface area (Å²) in [6, 6.07) is 8.39. The number of carbonyl (C=O) groups excluding carboxylic acids is 1. The Balaban J connectivity index is 1.77. The number of alkyl halides is 3. The first-order valence-corrected chi connectivity index (χ1v) is 11.5. The summed E-state index contributed by atoms with van der Waals surface area (Å²) in [5.74, 6) is -1.04. The maximum atomic E-state index is 13.1. The van der Waals surface area contributed by atoms with Crippen LogP contribution in [0.1, 0.15) is 16.8 Å². The summed E-state index contributed by atoms with van der Waals surface area (Å²) >= 11 is 6.05. The van der Waals surface area contributed by atoms with E-state index in [-0.39, 0.29) is 47.3 Å². The molecule has 32 heavy (non-hydrogen) atoms. The van der Waals surface area contributed by atoms with Gasteiger partial charge in [0.05, 0.1) is 11.6 Å². The number of benzene rings is 2. The van der Waals surface area contributed by atoms with Crippen LogP contribution in [0.5, 0.6) is 0 Å². The fraction of sp³-hybridized carbons (Fsp3) is 0.350. The summed E-state index contributed by atoms with van der Waals surface area (Å²) in [6.45, 7) is -0.478. The number of rotatable bonds is 5. The fourth-order valence-electron chi connectivity index (χ4n) is 3.34. The van der Waals surface area contributed by atoms with Gasteiger partial charge in [-0.2, -0.15) is 13.2 Å². The standard InChI is InChI=1S/C20H20ClF4N3O3S/c21-17-7-2-14(12-18(17)32(30,31)26-16-5-3-15(22)4-6-16)19(29)28-9-1-8-27(10-11-28)13-20(23,24)25/h2-7,12,26H,1,8-11,13H2. The normalized spacial score (nSPS) is 16.0. The maximum Gasteiger partial charge on any atom is 0.401 e. The Morgan fingerprint density at radius 1 is 1.03 bits per heavy atom. The van der Waals surface area contributed by atoms with Gasteiger partial charge in [0.1, 0.15) is 10.7 Å². The first-order chi connectivity index (χ1) is 14.9. The van der Waals surface area contributed by atoms with Gasteiger partial charge >= 0.3 is 6.18 Å². The topological polar surface area (TPSA) is 69.7 Å². The molecule has 1 heterocycles. The summed E-state index contributed by atoms with van der Waals surface area (Å²) in [5, 5.41) is -0.122. The molecule has 3 rings (SSSR count). The molecule has 12 heteroatoms. The van der Waals surface area contributed by atoms with Gasteiger partial charge in [-0.25, -0.2) is 12.8 Å². The third kappa shape index (κ3) is 6.33. The summed E-state index contributed by atoms with van der Waals surface area (Å²) in [4.78, 5) is 15.2. The molecule has 1 N–H and O–H groups in total. The smallest absolute Gasteiger partial charge is 0.337 e. The molecule has 2 aromatic carbocycles. The van der Waals surface area contributed by atoms with Crippen LogP contribution in [0, 0.1) is 5.82 Å². The molecule has 1 aliphatic heterocycles. The third-order valence-corrected chi connectivity index (χ3v) is 6.71. The van der Waals surface area contributed by atoms with Crippen molar-refractivity contribution in [1.82, 2.24) is 9.80 Å². The van der Waals surface area contributed by atoms with Gasteiger partial charge in [0.15, 0.2) is 0 Å². The lowest BCUT2D eigenvalue weighted by atomic mass is 10.2. The zero-order valence-corrected chi connectivity index (χ0v) is 18.3. The molecule has 0 unspecified atom stereocenters. The van der Waals surface area contributed by atoms with Crippen LogP contribution in [0.4, 0.5) is 23.2 Å². The van der Waals surface area contributed by atoms with E-state index < -0.39 is 34.5 Å². The minimum atomic E-state index is -4.32. The van der Waals surface area contributed by atoms with E-state index in [1.165, 1.54) is 34.1 Å². The molecule has 1 amide bonds. The van der Waals surface area contributed by atoms with E-state index in [1.54, 1.807) is 0 Å². The number of anilines is 1. The molecule has 0 saturated carbocycles. The summed E-state index contributed by atoms with van der Waals surface area (Å²) in [6.07, 6.45) is -3.97. The van der Waals surface area contributed by atoms with Gasteiger partial charge in [0, 0.05) is 37.4 Å². The van der Waals surface area contributed by atoms with Gasteiger partial charge in [-0.3, -0.25) is 14.4 Å². The second-order valence-electron chi connectivity index (χ2n) is 7.29. The van der Waals surface area contributed by atoms with E-state index >= 15 is 0 Å². The van der Waals surface area contributed by atoms with Crippen LogP contribution in [0.15, 0.2) is 47.4 Å². The molecule has 0 aromatic heterocycles. The largest absolute Gasteiger partial charge is 0.401 e. The molecular weight excluding hydrogens is 474 g/mol. The summed E-state index contributed by atoms with van der Waals surface area (Å²) in [7, 11) is -4.19. The van der Waals surface area contributed by atoms with Crippen LogP contribution in [0.3, 0.4) is 0 Å². The van der Waals surface area contributed by atoms with Gasteiger partial charge in [-0.05, 0) is 48.9 Å². The minimum Gasteiger partial charge on any atom is -0.337 e. The van der Waals surface area contributed by atoms with E-state index in [1.807, 2.05) is 0 Å². The highest BCUT2D eigenvalue weighted by Crippen LogP contribution is 2.26. The number of nitrogens with zero attached hydrogens (tertiary/aromatic N) is 2. The van der Waals surface area contributed by atoms with Gasteiger partial charge in [0.2, 0.25) is 0 Å². The molecule has 2 aromatic rings. The molecule has 0 aliphatic carbocycles. The van der Waals surface area contributed by atoms with Gasteiger partial charge in [-0.15, -0.1) is 0 Å². The molecule has 0 spiro atoms.